The molecule has 5 nitrogen and oxygen atoms in total. The highest BCUT2D eigenvalue weighted by Crippen LogP contribution is 2.27. The number of amides is 1. The van der Waals surface area contributed by atoms with Crippen LogP contribution < -0.4 is 16.6 Å². The molecule has 1 aromatic heterocycles. The maximum Gasteiger partial charge on any atom is 0.258 e. The lowest BCUT2D eigenvalue weighted by Gasteiger charge is -2.10. The number of nitrogens with two attached hydrogens (primary N) is 1. The van der Waals surface area contributed by atoms with E-state index >= 15 is 0 Å². The SMILES string of the molecule is NNc1nccc(C(=O)Nc2c(F)cc(F)cc2Br)c1F. The topological polar surface area (TPSA) is 80.0 Å². The molecule has 0 bridgehead atoms. The van der Waals surface area contributed by atoms with Gasteiger partial charge in [0.05, 0.1) is 11.3 Å². The molecule has 4 N–H and O–H groups in total. The Hall–Kier alpha value is -2.13. The number of nitrogens with zero attached hydrogens (tertiary/aromatic N) is 1. The summed E-state index contributed by atoms with van der Waals surface area (Å²) < 4.78 is 40.4. The normalized spacial score (nSPS) is 10.3. The molecule has 0 saturated carbocycles. The lowest BCUT2D eigenvalue weighted by atomic mass is 10.2. The van der Waals surface area contributed by atoms with Gasteiger partial charge in [-0.2, -0.15) is 0 Å². The van der Waals surface area contributed by atoms with Gasteiger partial charge in [-0.25, -0.2) is 24.0 Å². The molecule has 0 aliphatic heterocycles. The van der Waals surface area contributed by atoms with Crippen molar-refractivity contribution in [3.63, 3.8) is 0 Å². The summed E-state index contributed by atoms with van der Waals surface area (Å²) in [7, 11) is 0. The van der Waals surface area contributed by atoms with E-state index in [2.05, 4.69) is 26.2 Å². The largest absolute Gasteiger partial charge is 0.318 e. The molecule has 9 heteroatoms. The van der Waals surface area contributed by atoms with E-state index in [-0.39, 0.29) is 16.0 Å². The van der Waals surface area contributed by atoms with Crippen molar-refractivity contribution < 1.29 is 18.0 Å². The van der Waals surface area contributed by atoms with Crippen LogP contribution in [0.2, 0.25) is 0 Å². The number of hydrogen-bond donors (Lipinski definition) is 3. The van der Waals surface area contributed by atoms with Crippen LogP contribution in [0.25, 0.3) is 0 Å². The molecule has 0 saturated heterocycles. The Kier molecular flexibility index (Phi) is 4.43. The van der Waals surface area contributed by atoms with Crippen LogP contribution in [0.5, 0.6) is 0 Å². The first-order valence-corrected chi connectivity index (χ1v) is 6.30. The van der Waals surface area contributed by atoms with Gasteiger partial charge in [-0.15, -0.1) is 0 Å². The molecular formula is C12H8BrF3N4O. The van der Waals surface area contributed by atoms with E-state index in [1.807, 2.05) is 5.43 Å². The predicted molar refractivity (Wildman–Crippen MR) is 74.0 cm³/mol. The zero-order valence-corrected chi connectivity index (χ0v) is 11.8. The van der Waals surface area contributed by atoms with Crippen molar-refractivity contribution in [1.29, 1.82) is 0 Å². The number of rotatable bonds is 3. The molecular weight excluding hydrogens is 353 g/mol. The van der Waals surface area contributed by atoms with Gasteiger partial charge in [0.25, 0.3) is 5.91 Å². The Labute approximate surface area is 125 Å². The van der Waals surface area contributed by atoms with Gasteiger partial charge >= 0.3 is 0 Å². The van der Waals surface area contributed by atoms with Crippen LogP contribution in [-0.2, 0) is 0 Å². The Morgan fingerprint density at radius 3 is 2.62 bits per heavy atom. The third kappa shape index (κ3) is 3.14. The standard InChI is InChI=1S/C12H8BrF3N4O/c13-7-3-5(14)4-8(15)10(7)19-12(21)6-1-2-18-11(20-17)9(6)16/h1-4H,17H2,(H,18,20)(H,19,21). The van der Waals surface area contributed by atoms with E-state index in [9.17, 15) is 18.0 Å². The Morgan fingerprint density at radius 2 is 2.00 bits per heavy atom. The molecule has 0 atom stereocenters. The third-order valence-corrected chi connectivity index (χ3v) is 3.14. The summed E-state index contributed by atoms with van der Waals surface area (Å²) in [5.41, 5.74) is 1.29. The number of hydrazine groups is 1. The number of pyridine rings is 1. The zero-order valence-electron chi connectivity index (χ0n) is 10.3. The highest BCUT2D eigenvalue weighted by Gasteiger charge is 2.19. The van der Waals surface area contributed by atoms with Crippen LogP contribution in [0.3, 0.4) is 0 Å². The molecule has 1 heterocycles. The van der Waals surface area contributed by atoms with Crippen molar-refractivity contribution in [3.8, 4) is 0 Å². The summed E-state index contributed by atoms with van der Waals surface area (Å²) in [6.07, 6.45) is 1.16. The summed E-state index contributed by atoms with van der Waals surface area (Å²) in [5, 5.41) is 2.15. The summed E-state index contributed by atoms with van der Waals surface area (Å²) in [5.74, 6) is 0.973. The number of benzene rings is 1. The lowest BCUT2D eigenvalue weighted by molar-refractivity contribution is 0.102. The van der Waals surface area contributed by atoms with Crippen LogP contribution in [0.15, 0.2) is 28.9 Å². The molecule has 1 amide bonds. The fourth-order valence-electron chi connectivity index (χ4n) is 1.56. The second kappa shape index (κ2) is 6.10. The maximum absolute atomic E-state index is 13.9. The van der Waals surface area contributed by atoms with Gasteiger partial charge in [0.2, 0.25) is 0 Å². The fraction of sp³-hybridized carbons (Fsp3) is 0. The van der Waals surface area contributed by atoms with Gasteiger partial charge in [0.1, 0.15) is 5.82 Å². The Morgan fingerprint density at radius 1 is 1.29 bits per heavy atom. The summed E-state index contributed by atoms with van der Waals surface area (Å²) in [6, 6.07) is 2.66. The zero-order chi connectivity index (χ0) is 15.6. The second-order valence-electron chi connectivity index (χ2n) is 3.86. The van der Waals surface area contributed by atoms with E-state index in [0.717, 1.165) is 18.3 Å². The smallest absolute Gasteiger partial charge is 0.258 e. The second-order valence-corrected chi connectivity index (χ2v) is 4.72. The van der Waals surface area contributed by atoms with E-state index in [1.54, 1.807) is 0 Å². The maximum atomic E-state index is 13.9. The molecule has 0 aliphatic rings. The van der Waals surface area contributed by atoms with Crippen LogP contribution in [0, 0.1) is 17.5 Å². The van der Waals surface area contributed by atoms with E-state index in [0.29, 0.717) is 6.07 Å². The van der Waals surface area contributed by atoms with Crippen LogP contribution in [0.4, 0.5) is 24.7 Å². The third-order valence-electron chi connectivity index (χ3n) is 2.52. The number of aromatic nitrogens is 1. The first-order chi connectivity index (χ1) is 9.93. The van der Waals surface area contributed by atoms with Crippen molar-refractivity contribution in [2.75, 3.05) is 10.7 Å². The molecule has 2 rings (SSSR count). The van der Waals surface area contributed by atoms with Crippen LogP contribution >= 0.6 is 15.9 Å². The summed E-state index contributed by atoms with van der Waals surface area (Å²) >= 11 is 2.91. The van der Waals surface area contributed by atoms with Crippen molar-refractivity contribution in [2.45, 2.75) is 0 Å². The van der Waals surface area contributed by atoms with Crippen LogP contribution in [0.1, 0.15) is 10.4 Å². The highest BCUT2D eigenvalue weighted by molar-refractivity contribution is 9.10. The average molecular weight is 361 g/mol. The van der Waals surface area contributed by atoms with Gasteiger partial charge in [0.15, 0.2) is 17.5 Å². The van der Waals surface area contributed by atoms with Gasteiger partial charge < -0.3 is 10.7 Å². The molecule has 1 aromatic carbocycles. The molecule has 21 heavy (non-hydrogen) atoms. The monoisotopic (exact) mass is 360 g/mol. The number of carbonyl (C=O) groups is 1. The molecule has 0 aliphatic carbocycles. The van der Waals surface area contributed by atoms with Crippen molar-refractivity contribution in [1.82, 2.24) is 4.98 Å². The number of carbonyl (C=O) groups excluding carboxylic acids is 1. The first-order valence-electron chi connectivity index (χ1n) is 5.51. The summed E-state index contributed by atoms with van der Waals surface area (Å²) in [4.78, 5) is 15.5. The molecule has 0 spiro atoms. The Balaban J connectivity index is 2.35. The van der Waals surface area contributed by atoms with Gasteiger partial charge in [-0.3, -0.25) is 4.79 Å². The number of nitrogens with one attached hydrogen (secondary N) is 2. The van der Waals surface area contributed by atoms with Crippen LogP contribution in [-0.4, -0.2) is 10.9 Å². The number of halogens is 4. The Bertz CT molecular complexity index is 688. The lowest BCUT2D eigenvalue weighted by Crippen LogP contribution is -2.18. The number of anilines is 2. The predicted octanol–water partition coefficient (Wildman–Crippen LogP) is 2.80. The first kappa shape index (κ1) is 15.3. The molecule has 0 radical (unpaired) electrons. The summed E-state index contributed by atoms with van der Waals surface area (Å²) in [6.45, 7) is 0. The minimum Gasteiger partial charge on any atom is -0.318 e. The van der Waals surface area contributed by atoms with Crippen molar-refractivity contribution in [3.05, 3.63) is 51.9 Å². The minimum absolute atomic E-state index is 0.0139. The molecule has 0 unspecified atom stereocenters. The van der Waals surface area contributed by atoms with E-state index in [4.69, 9.17) is 5.84 Å². The van der Waals surface area contributed by atoms with Gasteiger partial charge in [-0.05, 0) is 28.1 Å². The van der Waals surface area contributed by atoms with E-state index < -0.39 is 28.9 Å². The minimum atomic E-state index is -0.998. The van der Waals surface area contributed by atoms with Gasteiger partial charge in [-0.1, -0.05) is 0 Å². The number of hydrogen-bond acceptors (Lipinski definition) is 4. The van der Waals surface area contributed by atoms with E-state index in [1.165, 1.54) is 0 Å². The van der Waals surface area contributed by atoms with Crippen molar-refractivity contribution >= 4 is 33.3 Å². The highest BCUT2D eigenvalue weighted by atomic mass is 79.9. The average Bonchev–Trinajstić information content (AvgIpc) is 2.42. The molecule has 110 valence electrons. The quantitative estimate of drug-likeness (QED) is 0.580. The fourth-order valence-corrected chi connectivity index (χ4v) is 2.07. The van der Waals surface area contributed by atoms with Crippen molar-refractivity contribution in [2.24, 2.45) is 5.84 Å². The number of nitrogen functional groups attached to an aromatic ring is 1. The molecule has 2 aromatic rings. The van der Waals surface area contributed by atoms with Gasteiger partial charge in [0, 0.05) is 16.7 Å². The molecule has 0 fully saturated rings.